The molecular weight excluding hydrogens is 242 g/mol. The Morgan fingerprint density at radius 3 is 2.84 bits per heavy atom. The first kappa shape index (κ1) is 15.2. The van der Waals surface area contributed by atoms with Crippen molar-refractivity contribution >= 4 is 11.9 Å². The third-order valence-corrected chi connectivity index (χ3v) is 2.82. The summed E-state index contributed by atoms with van der Waals surface area (Å²) in [6, 6.07) is 0. The third kappa shape index (κ3) is 5.55. The maximum atomic E-state index is 11.5. The van der Waals surface area contributed by atoms with Gasteiger partial charge in [-0.15, -0.1) is 0 Å². The monoisotopic (exact) mass is 263 g/mol. The number of carbonyl (C=O) groups is 2. The molecule has 0 saturated heterocycles. The Labute approximate surface area is 114 Å². The second kappa shape index (κ2) is 7.56. The van der Waals surface area contributed by atoms with Crippen molar-refractivity contribution in [1.82, 2.24) is 4.90 Å². The lowest BCUT2D eigenvalue weighted by Crippen LogP contribution is -2.33. The van der Waals surface area contributed by atoms with E-state index in [1.807, 2.05) is 32.1 Å². The number of rotatable bonds is 4. The van der Waals surface area contributed by atoms with Crippen LogP contribution in [0.2, 0.25) is 0 Å². The summed E-state index contributed by atoms with van der Waals surface area (Å²) in [6.07, 6.45) is 9.42. The molecule has 0 bridgehead atoms. The number of hydrogen-bond donors (Lipinski definition) is 0. The van der Waals surface area contributed by atoms with Gasteiger partial charge in [0.1, 0.15) is 6.10 Å². The molecular formula is C15H21NO3. The van der Waals surface area contributed by atoms with Gasteiger partial charge < -0.3 is 9.64 Å². The van der Waals surface area contributed by atoms with Crippen molar-refractivity contribution in [3.05, 3.63) is 36.0 Å². The van der Waals surface area contributed by atoms with Gasteiger partial charge in [0.2, 0.25) is 5.91 Å². The highest BCUT2D eigenvalue weighted by atomic mass is 16.5. The Morgan fingerprint density at radius 2 is 2.21 bits per heavy atom. The molecule has 0 spiro atoms. The van der Waals surface area contributed by atoms with Gasteiger partial charge in [-0.1, -0.05) is 18.2 Å². The second-order valence-electron chi connectivity index (χ2n) is 4.51. The van der Waals surface area contributed by atoms with Gasteiger partial charge >= 0.3 is 5.97 Å². The average molecular weight is 263 g/mol. The zero-order valence-electron chi connectivity index (χ0n) is 11.8. The van der Waals surface area contributed by atoms with Gasteiger partial charge in [-0.05, 0) is 31.9 Å². The fourth-order valence-electron chi connectivity index (χ4n) is 1.87. The van der Waals surface area contributed by atoms with Gasteiger partial charge in [0.05, 0.1) is 0 Å². The average Bonchev–Trinajstić information content (AvgIpc) is 2.37. The van der Waals surface area contributed by atoms with Crippen LogP contribution in [0.15, 0.2) is 36.0 Å². The van der Waals surface area contributed by atoms with Crippen LogP contribution in [0.3, 0.4) is 0 Å². The van der Waals surface area contributed by atoms with Crippen molar-refractivity contribution in [2.75, 3.05) is 13.1 Å². The molecule has 0 saturated carbocycles. The number of nitrogens with zero attached hydrogens (tertiary/aromatic N) is 1. The topological polar surface area (TPSA) is 46.6 Å². The smallest absolute Gasteiger partial charge is 0.331 e. The minimum absolute atomic E-state index is 0.0586. The molecule has 1 amide bonds. The zero-order chi connectivity index (χ0) is 14.3. The number of amides is 1. The van der Waals surface area contributed by atoms with Crippen molar-refractivity contribution in [3.8, 4) is 0 Å². The van der Waals surface area contributed by atoms with Crippen molar-refractivity contribution in [1.29, 1.82) is 0 Å². The first-order valence-electron chi connectivity index (χ1n) is 6.49. The third-order valence-electron chi connectivity index (χ3n) is 2.82. The van der Waals surface area contributed by atoms with E-state index in [9.17, 15) is 9.59 Å². The lowest BCUT2D eigenvalue weighted by atomic mass is 10.1. The van der Waals surface area contributed by atoms with Crippen LogP contribution >= 0.6 is 0 Å². The molecule has 1 aliphatic rings. The van der Waals surface area contributed by atoms with E-state index in [1.165, 1.54) is 6.08 Å². The molecule has 0 fully saturated rings. The normalized spacial score (nSPS) is 17.6. The molecule has 1 rings (SSSR count). The fourth-order valence-corrected chi connectivity index (χ4v) is 1.87. The van der Waals surface area contributed by atoms with Crippen molar-refractivity contribution in [2.24, 2.45) is 0 Å². The molecule has 4 heteroatoms. The molecule has 0 aromatic carbocycles. The first-order valence-corrected chi connectivity index (χ1v) is 6.49. The van der Waals surface area contributed by atoms with Crippen LogP contribution in [0.5, 0.6) is 0 Å². The summed E-state index contributed by atoms with van der Waals surface area (Å²) >= 11 is 0. The van der Waals surface area contributed by atoms with Crippen molar-refractivity contribution < 1.29 is 14.3 Å². The van der Waals surface area contributed by atoms with E-state index in [0.717, 1.165) is 18.5 Å². The summed E-state index contributed by atoms with van der Waals surface area (Å²) in [5.74, 6) is -0.310. The molecule has 104 valence electrons. The number of allylic oxidation sites excluding steroid dienone is 1. The molecule has 1 atom stereocenters. The van der Waals surface area contributed by atoms with Gasteiger partial charge in [-0.2, -0.15) is 0 Å². The Balaban J connectivity index is 2.50. The van der Waals surface area contributed by atoms with Crippen molar-refractivity contribution in [2.45, 2.75) is 33.3 Å². The highest BCUT2D eigenvalue weighted by molar-refractivity contribution is 5.83. The summed E-state index contributed by atoms with van der Waals surface area (Å²) in [5.41, 5.74) is 0.970. The molecule has 1 heterocycles. The molecule has 4 nitrogen and oxygen atoms in total. The standard InChI is InChI=1S/C15H21NO3/c1-4-6-12(2)19-15(18)9-8-14-7-5-10-16(11-14)13(3)17/h4,6-9,12H,5,10-11H2,1-3H3/b6-4-,9-8+/t12-/m1/s1. The number of esters is 1. The fraction of sp³-hybridized carbons (Fsp3) is 0.467. The largest absolute Gasteiger partial charge is 0.455 e. The minimum Gasteiger partial charge on any atom is -0.455 e. The van der Waals surface area contributed by atoms with E-state index >= 15 is 0 Å². The summed E-state index contributed by atoms with van der Waals surface area (Å²) in [7, 11) is 0. The Hall–Kier alpha value is -1.84. The van der Waals surface area contributed by atoms with E-state index in [1.54, 1.807) is 17.9 Å². The predicted molar refractivity (Wildman–Crippen MR) is 74.5 cm³/mol. The summed E-state index contributed by atoms with van der Waals surface area (Å²) in [4.78, 5) is 24.6. The second-order valence-corrected chi connectivity index (χ2v) is 4.51. The number of carbonyl (C=O) groups excluding carboxylic acids is 2. The van der Waals surface area contributed by atoms with E-state index in [-0.39, 0.29) is 18.0 Å². The lowest BCUT2D eigenvalue weighted by molar-refractivity contribution is -0.140. The molecule has 19 heavy (non-hydrogen) atoms. The minimum atomic E-state index is -0.369. The van der Waals surface area contributed by atoms with Crippen LogP contribution in [-0.2, 0) is 14.3 Å². The number of hydrogen-bond acceptors (Lipinski definition) is 3. The summed E-state index contributed by atoms with van der Waals surface area (Å²) < 4.78 is 5.14. The van der Waals surface area contributed by atoms with Gasteiger partial charge in [0.15, 0.2) is 0 Å². The van der Waals surface area contributed by atoms with Gasteiger partial charge in [0, 0.05) is 26.1 Å². The van der Waals surface area contributed by atoms with Gasteiger partial charge in [-0.25, -0.2) is 4.79 Å². The Kier molecular flexibility index (Phi) is 6.06. The SMILES string of the molecule is C/C=C\[C@@H](C)OC(=O)/C=C/C1=CCCN(C(C)=O)C1. The van der Waals surface area contributed by atoms with E-state index in [0.29, 0.717) is 6.54 Å². The van der Waals surface area contributed by atoms with Crippen LogP contribution in [0.25, 0.3) is 0 Å². The molecule has 0 aromatic rings. The van der Waals surface area contributed by atoms with Crippen LogP contribution in [0.1, 0.15) is 27.2 Å². The summed E-state index contributed by atoms with van der Waals surface area (Å²) in [6.45, 7) is 6.55. The Morgan fingerprint density at radius 1 is 1.47 bits per heavy atom. The maximum Gasteiger partial charge on any atom is 0.331 e. The molecule has 0 aliphatic carbocycles. The predicted octanol–water partition coefficient (Wildman–Crippen LogP) is 2.23. The van der Waals surface area contributed by atoms with E-state index in [4.69, 9.17) is 4.74 Å². The van der Waals surface area contributed by atoms with Crippen LogP contribution in [0, 0.1) is 0 Å². The highest BCUT2D eigenvalue weighted by Crippen LogP contribution is 2.11. The molecule has 0 unspecified atom stereocenters. The zero-order valence-corrected chi connectivity index (χ0v) is 11.8. The number of ether oxygens (including phenoxy) is 1. The summed E-state index contributed by atoms with van der Waals surface area (Å²) in [5, 5.41) is 0. The van der Waals surface area contributed by atoms with E-state index < -0.39 is 0 Å². The first-order chi connectivity index (χ1) is 9.02. The Bertz CT molecular complexity index is 421. The molecule has 0 aromatic heterocycles. The maximum absolute atomic E-state index is 11.5. The van der Waals surface area contributed by atoms with E-state index in [2.05, 4.69) is 0 Å². The molecule has 0 N–H and O–H groups in total. The van der Waals surface area contributed by atoms with Crippen LogP contribution in [0.4, 0.5) is 0 Å². The van der Waals surface area contributed by atoms with Gasteiger partial charge in [0.25, 0.3) is 0 Å². The highest BCUT2D eigenvalue weighted by Gasteiger charge is 2.13. The van der Waals surface area contributed by atoms with Crippen LogP contribution < -0.4 is 0 Å². The quantitative estimate of drug-likeness (QED) is 0.444. The van der Waals surface area contributed by atoms with Crippen LogP contribution in [-0.4, -0.2) is 36.0 Å². The molecule has 0 radical (unpaired) electrons. The lowest BCUT2D eigenvalue weighted by Gasteiger charge is -2.24. The van der Waals surface area contributed by atoms with Crippen molar-refractivity contribution in [3.63, 3.8) is 0 Å². The molecule has 1 aliphatic heterocycles. The van der Waals surface area contributed by atoms with Gasteiger partial charge in [-0.3, -0.25) is 4.79 Å².